The van der Waals surface area contributed by atoms with Crippen LogP contribution in [0.2, 0.25) is 0 Å². The van der Waals surface area contributed by atoms with Crippen molar-refractivity contribution < 1.29 is 9.13 Å². The maximum atomic E-state index is 13.4. The molecule has 0 atom stereocenters. The second-order valence-corrected chi connectivity index (χ2v) is 3.56. The molecule has 1 aromatic heterocycles. The number of rotatable bonds is 6. The molecule has 0 radical (unpaired) electrons. The van der Waals surface area contributed by atoms with E-state index in [2.05, 4.69) is 11.9 Å². The van der Waals surface area contributed by atoms with E-state index in [9.17, 15) is 4.39 Å². The van der Waals surface area contributed by atoms with E-state index in [1.807, 2.05) is 6.92 Å². The summed E-state index contributed by atoms with van der Waals surface area (Å²) in [6.45, 7) is 4.67. The van der Waals surface area contributed by atoms with Gasteiger partial charge in [-0.2, -0.15) is 0 Å². The van der Waals surface area contributed by atoms with Crippen LogP contribution in [0.5, 0.6) is 5.75 Å². The van der Waals surface area contributed by atoms with E-state index < -0.39 is 0 Å². The molecule has 0 amide bonds. The Morgan fingerprint density at radius 1 is 1.27 bits per heavy atom. The summed E-state index contributed by atoms with van der Waals surface area (Å²) in [5, 5.41) is 0. The summed E-state index contributed by atoms with van der Waals surface area (Å²) in [5.41, 5.74) is 0.880. The zero-order valence-electron chi connectivity index (χ0n) is 9.42. The Morgan fingerprint density at radius 3 is 2.73 bits per heavy atom. The van der Waals surface area contributed by atoms with Crippen LogP contribution in [0.25, 0.3) is 0 Å². The molecular formula is C12H18FNO. The maximum absolute atomic E-state index is 13.4. The van der Waals surface area contributed by atoms with Crippen molar-refractivity contribution in [3.63, 3.8) is 0 Å². The van der Waals surface area contributed by atoms with Crippen molar-refractivity contribution >= 4 is 0 Å². The third-order valence-electron chi connectivity index (χ3n) is 2.18. The van der Waals surface area contributed by atoms with Crippen LogP contribution in [-0.4, -0.2) is 11.6 Å². The molecule has 0 saturated carbocycles. The Hall–Kier alpha value is -1.12. The summed E-state index contributed by atoms with van der Waals surface area (Å²) >= 11 is 0. The predicted molar refractivity (Wildman–Crippen MR) is 58.6 cm³/mol. The first-order chi connectivity index (χ1) is 7.29. The lowest BCUT2D eigenvalue weighted by Crippen LogP contribution is -2.02. The van der Waals surface area contributed by atoms with Crippen LogP contribution < -0.4 is 4.74 Å². The van der Waals surface area contributed by atoms with Gasteiger partial charge in [0.25, 0.3) is 0 Å². The SMILES string of the molecule is CCCCc1cncc(F)c1OCCC. The van der Waals surface area contributed by atoms with Gasteiger partial charge in [-0.3, -0.25) is 4.98 Å². The van der Waals surface area contributed by atoms with Crippen molar-refractivity contribution in [1.82, 2.24) is 4.98 Å². The van der Waals surface area contributed by atoms with E-state index in [1.54, 1.807) is 6.20 Å². The van der Waals surface area contributed by atoms with Crippen molar-refractivity contribution in [2.45, 2.75) is 39.5 Å². The molecule has 0 aliphatic rings. The standard InChI is InChI=1S/C12H18FNO/c1-3-5-6-10-8-14-9-11(13)12(10)15-7-4-2/h8-9H,3-7H2,1-2H3. The highest BCUT2D eigenvalue weighted by Crippen LogP contribution is 2.23. The highest BCUT2D eigenvalue weighted by molar-refractivity contribution is 5.31. The number of unbranched alkanes of at least 4 members (excludes halogenated alkanes) is 1. The van der Waals surface area contributed by atoms with Crippen molar-refractivity contribution in [3.05, 3.63) is 23.8 Å². The van der Waals surface area contributed by atoms with Crippen LogP contribution in [0.4, 0.5) is 4.39 Å². The minimum absolute atomic E-state index is 0.350. The smallest absolute Gasteiger partial charge is 0.183 e. The van der Waals surface area contributed by atoms with Crippen LogP contribution in [-0.2, 0) is 6.42 Å². The lowest BCUT2D eigenvalue weighted by Gasteiger charge is -2.10. The molecule has 0 fully saturated rings. The normalized spacial score (nSPS) is 10.3. The van der Waals surface area contributed by atoms with E-state index in [0.29, 0.717) is 12.4 Å². The average Bonchev–Trinajstić information content (AvgIpc) is 2.25. The molecule has 1 rings (SSSR count). The van der Waals surface area contributed by atoms with Gasteiger partial charge in [-0.1, -0.05) is 20.3 Å². The second-order valence-electron chi connectivity index (χ2n) is 3.56. The molecule has 2 nitrogen and oxygen atoms in total. The van der Waals surface area contributed by atoms with Gasteiger partial charge in [0.15, 0.2) is 11.6 Å². The molecule has 0 aromatic carbocycles. The number of hydrogen-bond donors (Lipinski definition) is 0. The Morgan fingerprint density at radius 2 is 2.07 bits per heavy atom. The van der Waals surface area contributed by atoms with Crippen LogP contribution >= 0.6 is 0 Å². The Labute approximate surface area is 90.5 Å². The first kappa shape index (κ1) is 12.0. The van der Waals surface area contributed by atoms with Crippen molar-refractivity contribution in [3.8, 4) is 5.75 Å². The van der Waals surface area contributed by atoms with Gasteiger partial charge < -0.3 is 4.74 Å². The van der Waals surface area contributed by atoms with Gasteiger partial charge in [0.1, 0.15) is 0 Å². The Balaban J connectivity index is 2.77. The summed E-state index contributed by atoms with van der Waals surface area (Å²) in [6, 6.07) is 0. The van der Waals surface area contributed by atoms with E-state index in [0.717, 1.165) is 31.2 Å². The highest BCUT2D eigenvalue weighted by atomic mass is 19.1. The third-order valence-corrected chi connectivity index (χ3v) is 2.18. The van der Waals surface area contributed by atoms with Gasteiger partial charge in [0, 0.05) is 11.8 Å². The molecule has 3 heteroatoms. The lowest BCUT2D eigenvalue weighted by molar-refractivity contribution is 0.296. The molecule has 0 unspecified atom stereocenters. The maximum Gasteiger partial charge on any atom is 0.183 e. The molecule has 1 aromatic rings. The fraction of sp³-hybridized carbons (Fsp3) is 0.583. The molecule has 0 spiro atoms. The van der Waals surface area contributed by atoms with E-state index in [-0.39, 0.29) is 5.82 Å². The molecule has 0 saturated heterocycles. The van der Waals surface area contributed by atoms with Crippen molar-refractivity contribution in [2.24, 2.45) is 0 Å². The van der Waals surface area contributed by atoms with Crippen LogP contribution in [0.15, 0.2) is 12.4 Å². The third kappa shape index (κ3) is 3.50. The summed E-state index contributed by atoms with van der Waals surface area (Å²) in [6.07, 6.45) is 6.75. The number of nitrogens with zero attached hydrogens (tertiary/aromatic N) is 1. The quantitative estimate of drug-likeness (QED) is 0.719. The molecule has 0 aliphatic carbocycles. The number of aryl methyl sites for hydroxylation is 1. The summed E-state index contributed by atoms with van der Waals surface area (Å²) in [4.78, 5) is 3.85. The number of halogens is 1. The van der Waals surface area contributed by atoms with Crippen LogP contribution in [0, 0.1) is 5.82 Å². The van der Waals surface area contributed by atoms with Crippen LogP contribution in [0.1, 0.15) is 38.7 Å². The summed E-state index contributed by atoms with van der Waals surface area (Å²) in [5.74, 6) is 0.0392. The van der Waals surface area contributed by atoms with Gasteiger partial charge in [-0.15, -0.1) is 0 Å². The minimum atomic E-state index is -0.350. The van der Waals surface area contributed by atoms with Gasteiger partial charge >= 0.3 is 0 Å². The van der Waals surface area contributed by atoms with E-state index in [1.165, 1.54) is 6.20 Å². The number of aromatic nitrogens is 1. The largest absolute Gasteiger partial charge is 0.490 e. The fourth-order valence-electron chi connectivity index (χ4n) is 1.37. The minimum Gasteiger partial charge on any atom is -0.490 e. The second kappa shape index (κ2) is 6.38. The molecule has 0 N–H and O–H groups in total. The van der Waals surface area contributed by atoms with Gasteiger partial charge in [-0.25, -0.2) is 4.39 Å². The van der Waals surface area contributed by atoms with Gasteiger partial charge in [0.05, 0.1) is 12.8 Å². The zero-order chi connectivity index (χ0) is 11.1. The van der Waals surface area contributed by atoms with E-state index >= 15 is 0 Å². The summed E-state index contributed by atoms with van der Waals surface area (Å²) < 4.78 is 18.8. The topological polar surface area (TPSA) is 22.1 Å². The first-order valence-electron chi connectivity index (χ1n) is 5.54. The van der Waals surface area contributed by atoms with Crippen molar-refractivity contribution in [1.29, 1.82) is 0 Å². The Bertz CT molecular complexity index is 302. The molecule has 15 heavy (non-hydrogen) atoms. The van der Waals surface area contributed by atoms with Gasteiger partial charge in [0.2, 0.25) is 0 Å². The molecule has 1 heterocycles. The number of hydrogen-bond acceptors (Lipinski definition) is 2. The number of ether oxygens (including phenoxy) is 1. The molecular weight excluding hydrogens is 193 g/mol. The zero-order valence-corrected chi connectivity index (χ0v) is 9.42. The molecule has 0 aliphatic heterocycles. The highest BCUT2D eigenvalue weighted by Gasteiger charge is 2.09. The first-order valence-corrected chi connectivity index (χ1v) is 5.54. The Kier molecular flexibility index (Phi) is 5.08. The molecule has 0 bridgehead atoms. The summed E-state index contributed by atoms with van der Waals surface area (Å²) in [7, 11) is 0. The van der Waals surface area contributed by atoms with Crippen LogP contribution in [0.3, 0.4) is 0 Å². The van der Waals surface area contributed by atoms with Gasteiger partial charge in [-0.05, 0) is 19.3 Å². The van der Waals surface area contributed by atoms with E-state index in [4.69, 9.17) is 4.74 Å². The monoisotopic (exact) mass is 211 g/mol. The average molecular weight is 211 g/mol. The fourth-order valence-corrected chi connectivity index (χ4v) is 1.37. The molecule has 84 valence electrons. The predicted octanol–water partition coefficient (Wildman–Crippen LogP) is 3.35. The lowest BCUT2D eigenvalue weighted by atomic mass is 10.1. The number of pyridine rings is 1. The van der Waals surface area contributed by atoms with Crippen molar-refractivity contribution in [2.75, 3.05) is 6.61 Å².